The van der Waals surface area contributed by atoms with Gasteiger partial charge in [0, 0.05) is 32.7 Å². The summed E-state index contributed by atoms with van der Waals surface area (Å²) in [6.45, 7) is 6.81. The van der Waals surface area contributed by atoms with Crippen molar-refractivity contribution in [1.29, 1.82) is 0 Å². The molecule has 0 bridgehead atoms. The first kappa shape index (κ1) is 20.6. The van der Waals surface area contributed by atoms with Crippen molar-refractivity contribution in [3.05, 3.63) is 60.2 Å². The fourth-order valence-corrected chi connectivity index (χ4v) is 3.76. The van der Waals surface area contributed by atoms with E-state index in [1.54, 1.807) is 7.11 Å². The zero-order valence-electron chi connectivity index (χ0n) is 17.0. The summed E-state index contributed by atoms with van der Waals surface area (Å²) in [6.07, 6.45) is 0.461. The van der Waals surface area contributed by atoms with Crippen LogP contribution in [0.15, 0.2) is 54.6 Å². The number of aliphatic hydroxyl groups is 1. The van der Waals surface area contributed by atoms with Crippen molar-refractivity contribution in [3.63, 3.8) is 0 Å². The first-order chi connectivity index (χ1) is 13.7. The third kappa shape index (κ3) is 5.47. The van der Waals surface area contributed by atoms with Gasteiger partial charge in [0.15, 0.2) is 0 Å². The first-order valence-corrected chi connectivity index (χ1v) is 10.2. The van der Waals surface area contributed by atoms with Gasteiger partial charge in [-0.1, -0.05) is 49.4 Å². The number of para-hydroxylation sites is 2. The molecule has 3 rings (SSSR count). The predicted octanol–water partition coefficient (Wildman–Crippen LogP) is 3.35. The molecule has 0 radical (unpaired) electrons. The molecular weight excluding hydrogens is 352 g/mol. The Morgan fingerprint density at radius 1 is 0.964 bits per heavy atom. The summed E-state index contributed by atoms with van der Waals surface area (Å²) in [4.78, 5) is 4.66. The largest absolute Gasteiger partial charge is 0.495 e. The molecular formula is C23H32N2O3. The molecule has 2 aromatic carbocycles. The Bertz CT molecular complexity index is 702. The van der Waals surface area contributed by atoms with Gasteiger partial charge in [0.1, 0.15) is 5.75 Å². The van der Waals surface area contributed by atoms with Crippen molar-refractivity contribution in [2.75, 3.05) is 51.3 Å². The van der Waals surface area contributed by atoms with Gasteiger partial charge in [0.2, 0.25) is 0 Å². The fourth-order valence-electron chi connectivity index (χ4n) is 3.76. The number of anilines is 1. The van der Waals surface area contributed by atoms with Crippen LogP contribution in [0.25, 0.3) is 0 Å². The van der Waals surface area contributed by atoms with E-state index in [9.17, 15) is 5.11 Å². The van der Waals surface area contributed by atoms with Gasteiger partial charge in [-0.3, -0.25) is 4.90 Å². The summed E-state index contributed by atoms with van der Waals surface area (Å²) < 4.78 is 11.5. The minimum Gasteiger partial charge on any atom is -0.495 e. The number of piperazine rings is 1. The van der Waals surface area contributed by atoms with E-state index in [0.29, 0.717) is 13.2 Å². The van der Waals surface area contributed by atoms with Crippen molar-refractivity contribution in [2.45, 2.75) is 25.6 Å². The average molecular weight is 385 g/mol. The highest BCUT2D eigenvalue weighted by atomic mass is 16.5. The van der Waals surface area contributed by atoms with Gasteiger partial charge in [-0.15, -0.1) is 0 Å². The van der Waals surface area contributed by atoms with E-state index in [4.69, 9.17) is 9.47 Å². The number of hydrogen-bond acceptors (Lipinski definition) is 5. The Hall–Kier alpha value is -2.08. The van der Waals surface area contributed by atoms with Crippen LogP contribution < -0.4 is 9.64 Å². The summed E-state index contributed by atoms with van der Waals surface area (Å²) in [5, 5.41) is 10.5. The van der Waals surface area contributed by atoms with E-state index in [1.807, 2.05) is 36.4 Å². The molecule has 1 N–H and O–H groups in total. The Labute approximate surface area is 168 Å². The Kier molecular flexibility index (Phi) is 7.71. The molecule has 1 saturated heterocycles. The molecule has 0 aliphatic carbocycles. The lowest BCUT2D eigenvalue weighted by Crippen LogP contribution is -2.49. The zero-order valence-corrected chi connectivity index (χ0v) is 17.0. The van der Waals surface area contributed by atoms with E-state index >= 15 is 0 Å². The summed E-state index contributed by atoms with van der Waals surface area (Å²) in [5.74, 6) is 0.913. The summed E-state index contributed by atoms with van der Waals surface area (Å²) in [6, 6.07) is 18.4. The molecule has 1 aliphatic rings. The van der Waals surface area contributed by atoms with Gasteiger partial charge in [0.25, 0.3) is 0 Å². The van der Waals surface area contributed by atoms with Crippen LogP contribution in [0.3, 0.4) is 0 Å². The number of methoxy groups -OCH3 is 1. The number of hydrogen-bond donors (Lipinski definition) is 1. The second-order valence-corrected chi connectivity index (χ2v) is 7.25. The van der Waals surface area contributed by atoms with Crippen LogP contribution in [0.4, 0.5) is 5.69 Å². The SMILES string of the molecule is CC[C@@H](OC[C@H](O)CN1CCN(c2ccccc2OC)CC1)c1ccccc1. The maximum Gasteiger partial charge on any atom is 0.142 e. The van der Waals surface area contributed by atoms with Gasteiger partial charge >= 0.3 is 0 Å². The van der Waals surface area contributed by atoms with Crippen LogP contribution in [-0.4, -0.2) is 62.6 Å². The highest BCUT2D eigenvalue weighted by Gasteiger charge is 2.22. The smallest absolute Gasteiger partial charge is 0.142 e. The Balaban J connectivity index is 1.44. The van der Waals surface area contributed by atoms with Gasteiger partial charge in [-0.2, -0.15) is 0 Å². The van der Waals surface area contributed by atoms with E-state index in [0.717, 1.165) is 44.0 Å². The van der Waals surface area contributed by atoms with E-state index in [-0.39, 0.29) is 6.10 Å². The van der Waals surface area contributed by atoms with Crippen LogP contribution >= 0.6 is 0 Å². The van der Waals surface area contributed by atoms with Crippen molar-refractivity contribution in [1.82, 2.24) is 4.90 Å². The van der Waals surface area contributed by atoms with Crippen LogP contribution in [0.5, 0.6) is 5.75 Å². The zero-order chi connectivity index (χ0) is 19.8. The summed E-state index contributed by atoms with van der Waals surface area (Å²) in [5.41, 5.74) is 2.31. The van der Waals surface area contributed by atoms with Crippen molar-refractivity contribution in [3.8, 4) is 5.75 Å². The van der Waals surface area contributed by atoms with Gasteiger partial charge in [-0.25, -0.2) is 0 Å². The van der Waals surface area contributed by atoms with Crippen LogP contribution in [0.1, 0.15) is 25.0 Å². The second kappa shape index (κ2) is 10.5. The average Bonchev–Trinajstić information content (AvgIpc) is 2.75. The number of nitrogens with zero attached hydrogens (tertiary/aromatic N) is 2. The molecule has 5 nitrogen and oxygen atoms in total. The van der Waals surface area contributed by atoms with Gasteiger partial charge in [-0.05, 0) is 24.1 Å². The molecule has 0 aromatic heterocycles. The molecule has 1 heterocycles. The normalized spacial score (nSPS) is 17.3. The standard InChI is InChI=1S/C23H32N2O3/c1-3-22(19-9-5-4-6-10-19)28-18-20(26)17-24-13-15-25(16-14-24)21-11-7-8-12-23(21)27-2/h4-12,20,22,26H,3,13-18H2,1-2H3/t20-,22-/m1/s1. The second-order valence-electron chi connectivity index (χ2n) is 7.25. The first-order valence-electron chi connectivity index (χ1n) is 10.2. The lowest BCUT2D eigenvalue weighted by Gasteiger charge is -2.37. The maximum atomic E-state index is 10.5. The van der Waals surface area contributed by atoms with Crippen molar-refractivity contribution >= 4 is 5.69 Å². The molecule has 0 saturated carbocycles. The molecule has 2 atom stereocenters. The molecule has 0 amide bonds. The number of ether oxygens (including phenoxy) is 2. The molecule has 5 heteroatoms. The fraction of sp³-hybridized carbons (Fsp3) is 0.478. The monoisotopic (exact) mass is 384 g/mol. The quantitative estimate of drug-likeness (QED) is 0.718. The molecule has 2 aromatic rings. The third-order valence-electron chi connectivity index (χ3n) is 5.30. The van der Waals surface area contributed by atoms with Gasteiger partial charge in [0.05, 0.1) is 31.6 Å². The predicted molar refractivity (Wildman–Crippen MR) is 113 cm³/mol. The van der Waals surface area contributed by atoms with Crippen LogP contribution in [-0.2, 0) is 4.74 Å². The van der Waals surface area contributed by atoms with Crippen molar-refractivity contribution in [2.24, 2.45) is 0 Å². The van der Waals surface area contributed by atoms with E-state index in [2.05, 4.69) is 34.9 Å². The molecule has 28 heavy (non-hydrogen) atoms. The third-order valence-corrected chi connectivity index (χ3v) is 5.30. The molecule has 152 valence electrons. The number of aliphatic hydroxyl groups excluding tert-OH is 1. The maximum absolute atomic E-state index is 10.5. The lowest BCUT2D eigenvalue weighted by molar-refractivity contribution is -0.0240. The minimum atomic E-state index is -0.476. The number of rotatable bonds is 9. The molecule has 0 spiro atoms. The Morgan fingerprint density at radius 2 is 1.64 bits per heavy atom. The lowest BCUT2D eigenvalue weighted by atomic mass is 10.1. The molecule has 1 aliphatic heterocycles. The number of benzene rings is 2. The molecule has 1 fully saturated rings. The van der Waals surface area contributed by atoms with Crippen molar-refractivity contribution < 1.29 is 14.6 Å². The summed E-state index contributed by atoms with van der Waals surface area (Å²) >= 11 is 0. The Morgan fingerprint density at radius 3 is 2.32 bits per heavy atom. The van der Waals surface area contributed by atoms with E-state index in [1.165, 1.54) is 5.56 Å². The van der Waals surface area contributed by atoms with Crippen LogP contribution in [0.2, 0.25) is 0 Å². The van der Waals surface area contributed by atoms with Gasteiger partial charge < -0.3 is 19.5 Å². The topological polar surface area (TPSA) is 45.2 Å². The van der Waals surface area contributed by atoms with Crippen LogP contribution in [0, 0.1) is 0 Å². The summed E-state index contributed by atoms with van der Waals surface area (Å²) in [7, 11) is 1.71. The molecule has 0 unspecified atom stereocenters. The highest BCUT2D eigenvalue weighted by molar-refractivity contribution is 5.58. The highest BCUT2D eigenvalue weighted by Crippen LogP contribution is 2.28. The van der Waals surface area contributed by atoms with E-state index < -0.39 is 6.10 Å². The minimum absolute atomic E-state index is 0.0400. The number of β-amino-alcohol motifs (C(OH)–C–C–N with tert-alkyl or cyclic N) is 1.